The van der Waals surface area contributed by atoms with Crippen molar-refractivity contribution in [3.63, 3.8) is 0 Å². The Labute approximate surface area is 68.7 Å². The van der Waals surface area contributed by atoms with Crippen LogP contribution >= 0.6 is 11.9 Å². The Morgan fingerprint density at radius 1 is 1.91 bits per heavy atom. The molecule has 1 rings (SSSR count). The Hall–Kier alpha value is -0.970. The quantitative estimate of drug-likeness (QED) is 0.619. The van der Waals surface area contributed by atoms with Crippen LogP contribution in [-0.2, 0) is 4.79 Å². The molecule has 60 valence electrons. The lowest BCUT2D eigenvalue weighted by Crippen LogP contribution is -2.16. The lowest BCUT2D eigenvalue weighted by molar-refractivity contribution is -0.132. The number of nitrogens with zero attached hydrogens (tertiary/aromatic N) is 2. The van der Waals surface area contributed by atoms with Gasteiger partial charge in [-0.25, -0.2) is 4.79 Å². The number of carboxylic acid groups (broad SMARTS) is 1. The van der Waals surface area contributed by atoms with E-state index in [-0.39, 0.29) is 6.54 Å². The average molecular weight is 172 g/mol. The van der Waals surface area contributed by atoms with Gasteiger partial charge in [0.05, 0.1) is 18.5 Å². The molecule has 0 radical (unpaired) electrons. The molecule has 0 unspecified atom stereocenters. The minimum absolute atomic E-state index is 0.270. The predicted octanol–water partition coefficient (Wildman–Crippen LogP) is 0.577. The highest BCUT2D eigenvalue weighted by atomic mass is 32.2. The van der Waals surface area contributed by atoms with Crippen LogP contribution in [0.1, 0.15) is 0 Å². The molecule has 0 aliphatic carbocycles. The number of aliphatic carboxylic acids is 1. The van der Waals surface area contributed by atoms with Crippen molar-refractivity contribution < 1.29 is 9.90 Å². The van der Waals surface area contributed by atoms with Crippen LogP contribution in [0.4, 0.5) is 0 Å². The van der Waals surface area contributed by atoms with Crippen LogP contribution in [0.5, 0.6) is 0 Å². The first-order valence-electron chi connectivity index (χ1n) is 3.00. The molecule has 5 heteroatoms. The van der Waals surface area contributed by atoms with E-state index in [0.717, 1.165) is 0 Å². The van der Waals surface area contributed by atoms with Gasteiger partial charge in [0, 0.05) is 12.5 Å². The van der Waals surface area contributed by atoms with Crippen LogP contribution in [-0.4, -0.2) is 34.5 Å². The van der Waals surface area contributed by atoms with Crippen molar-refractivity contribution >= 4 is 24.3 Å². The van der Waals surface area contributed by atoms with Gasteiger partial charge in [0.25, 0.3) is 0 Å². The fraction of sp³-hybridized carbons (Fsp3) is 0.333. The van der Waals surface area contributed by atoms with E-state index >= 15 is 0 Å². The third kappa shape index (κ3) is 1.98. The summed E-state index contributed by atoms with van der Waals surface area (Å²) in [6.07, 6.45) is 5.03. The summed E-state index contributed by atoms with van der Waals surface area (Å²) in [6.45, 7) is 0.270. The summed E-state index contributed by atoms with van der Waals surface area (Å²) in [6, 6.07) is 0. The van der Waals surface area contributed by atoms with Gasteiger partial charge in [-0.3, -0.25) is 9.30 Å². The average Bonchev–Trinajstić information content (AvgIpc) is 2.05. The molecule has 4 nitrogen and oxygen atoms in total. The van der Waals surface area contributed by atoms with Gasteiger partial charge in [0.2, 0.25) is 0 Å². The fourth-order valence-corrected chi connectivity index (χ4v) is 1.06. The van der Waals surface area contributed by atoms with Gasteiger partial charge in [0.15, 0.2) is 0 Å². The molecule has 0 bridgehead atoms. The maximum atomic E-state index is 10.4. The number of hydrogen-bond donors (Lipinski definition) is 1. The van der Waals surface area contributed by atoms with E-state index in [1.807, 2.05) is 6.26 Å². The van der Waals surface area contributed by atoms with Crippen LogP contribution < -0.4 is 0 Å². The lowest BCUT2D eigenvalue weighted by atomic mass is 10.3. The Bertz CT molecular complexity index is 225. The van der Waals surface area contributed by atoms with E-state index in [2.05, 4.69) is 4.99 Å². The molecule has 1 N–H and O–H groups in total. The van der Waals surface area contributed by atoms with Crippen LogP contribution in [0.25, 0.3) is 0 Å². The second-order valence-electron chi connectivity index (χ2n) is 1.96. The zero-order chi connectivity index (χ0) is 8.27. The van der Waals surface area contributed by atoms with Crippen LogP contribution in [0.3, 0.4) is 0 Å². The second-order valence-corrected chi connectivity index (χ2v) is 2.74. The normalized spacial score (nSPS) is 16.5. The first-order valence-corrected chi connectivity index (χ1v) is 4.18. The van der Waals surface area contributed by atoms with Crippen molar-refractivity contribution in [3.8, 4) is 0 Å². The predicted molar refractivity (Wildman–Crippen MR) is 44.4 cm³/mol. The van der Waals surface area contributed by atoms with E-state index in [9.17, 15) is 4.79 Å². The molecule has 0 atom stereocenters. The molecule has 0 spiro atoms. The largest absolute Gasteiger partial charge is 0.478 e. The van der Waals surface area contributed by atoms with E-state index in [1.165, 1.54) is 11.9 Å². The molecule has 1 heterocycles. The second kappa shape index (κ2) is 3.43. The third-order valence-corrected chi connectivity index (χ3v) is 1.85. The third-order valence-electron chi connectivity index (χ3n) is 1.23. The van der Waals surface area contributed by atoms with E-state index < -0.39 is 5.97 Å². The van der Waals surface area contributed by atoms with Crippen molar-refractivity contribution in [2.75, 3.05) is 12.8 Å². The maximum Gasteiger partial charge on any atom is 0.335 e. The Morgan fingerprint density at radius 3 is 3.18 bits per heavy atom. The zero-order valence-electron chi connectivity index (χ0n) is 6.02. The SMILES string of the molecule is CSN1C=NCC(C(=O)O)=C1. The van der Waals surface area contributed by atoms with Gasteiger partial charge in [-0.1, -0.05) is 0 Å². The molecule has 0 saturated heterocycles. The van der Waals surface area contributed by atoms with Gasteiger partial charge >= 0.3 is 5.97 Å². The lowest BCUT2D eigenvalue weighted by Gasteiger charge is -2.14. The van der Waals surface area contributed by atoms with Crippen LogP contribution in [0.2, 0.25) is 0 Å². The van der Waals surface area contributed by atoms with E-state index in [1.54, 1.807) is 16.8 Å². The number of hydrogen-bond acceptors (Lipinski definition) is 4. The van der Waals surface area contributed by atoms with Gasteiger partial charge in [-0.05, 0) is 11.9 Å². The number of carboxylic acids is 1. The summed E-state index contributed by atoms with van der Waals surface area (Å²) in [7, 11) is 0. The Kier molecular flexibility index (Phi) is 2.53. The van der Waals surface area contributed by atoms with Gasteiger partial charge in [0.1, 0.15) is 0 Å². The summed E-state index contributed by atoms with van der Waals surface area (Å²) in [4.78, 5) is 14.3. The van der Waals surface area contributed by atoms with Crippen molar-refractivity contribution in [2.24, 2.45) is 4.99 Å². The molecule has 1 aliphatic heterocycles. The first kappa shape index (κ1) is 8.13. The number of aliphatic imine (C=N–C) groups is 1. The summed E-state index contributed by atoms with van der Waals surface area (Å²) in [5, 5.41) is 8.57. The smallest absolute Gasteiger partial charge is 0.335 e. The van der Waals surface area contributed by atoms with Gasteiger partial charge in [-0.2, -0.15) is 0 Å². The molecule has 0 aromatic carbocycles. The van der Waals surface area contributed by atoms with Crippen LogP contribution in [0, 0.1) is 0 Å². The summed E-state index contributed by atoms with van der Waals surface area (Å²) >= 11 is 1.41. The van der Waals surface area contributed by atoms with Crippen molar-refractivity contribution in [2.45, 2.75) is 0 Å². The molecule has 0 saturated carbocycles. The maximum absolute atomic E-state index is 10.4. The van der Waals surface area contributed by atoms with Crippen molar-refractivity contribution in [1.82, 2.24) is 4.31 Å². The van der Waals surface area contributed by atoms with Gasteiger partial charge < -0.3 is 5.11 Å². The fourth-order valence-electron chi connectivity index (χ4n) is 0.670. The minimum atomic E-state index is -0.902. The standard InChI is InChI=1S/C6H8N2O2S/c1-11-8-3-5(6(9)10)2-7-4-8/h3-4H,2H2,1H3,(H,9,10). The molecule has 11 heavy (non-hydrogen) atoms. The Balaban J connectivity index is 2.69. The van der Waals surface area contributed by atoms with E-state index in [4.69, 9.17) is 5.11 Å². The number of carbonyl (C=O) groups is 1. The summed E-state index contributed by atoms with van der Waals surface area (Å²) < 4.78 is 1.66. The minimum Gasteiger partial charge on any atom is -0.478 e. The molecule has 0 amide bonds. The zero-order valence-corrected chi connectivity index (χ0v) is 6.84. The molecule has 1 aliphatic rings. The molecule has 0 aromatic heterocycles. The van der Waals surface area contributed by atoms with Gasteiger partial charge in [-0.15, -0.1) is 0 Å². The highest BCUT2D eigenvalue weighted by Gasteiger charge is 2.11. The van der Waals surface area contributed by atoms with E-state index in [0.29, 0.717) is 5.57 Å². The van der Waals surface area contributed by atoms with Crippen molar-refractivity contribution in [3.05, 3.63) is 11.8 Å². The monoisotopic (exact) mass is 172 g/mol. The summed E-state index contributed by atoms with van der Waals surface area (Å²) in [5.41, 5.74) is 0.321. The summed E-state index contributed by atoms with van der Waals surface area (Å²) in [5.74, 6) is -0.902. The number of rotatable bonds is 2. The molecular formula is C6H8N2O2S. The molecule has 0 fully saturated rings. The Morgan fingerprint density at radius 2 is 2.64 bits per heavy atom. The molecule has 0 aromatic rings. The van der Waals surface area contributed by atoms with Crippen LogP contribution in [0.15, 0.2) is 16.8 Å². The topological polar surface area (TPSA) is 52.9 Å². The first-order chi connectivity index (χ1) is 5.24. The highest BCUT2D eigenvalue weighted by molar-refractivity contribution is 7.96. The highest BCUT2D eigenvalue weighted by Crippen LogP contribution is 2.10. The molecular weight excluding hydrogens is 164 g/mol. The van der Waals surface area contributed by atoms with Crippen molar-refractivity contribution in [1.29, 1.82) is 0 Å².